The maximum Gasteiger partial charge on any atom is 0.433 e. The van der Waals surface area contributed by atoms with E-state index in [0.29, 0.717) is 13.2 Å². The van der Waals surface area contributed by atoms with Crippen molar-refractivity contribution < 1.29 is 17.9 Å². The van der Waals surface area contributed by atoms with Crippen molar-refractivity contribution in [3.05, 3.63) is 23.9 Å². The minimum absolute atomic E-state index is 0.255. The predicted octanol–water partition coefficient (Wildman–Crippen LogP) is 2.23. The summed E-state index contributed by atoms with van der Waals surface area (Å²) in [4.78, 5) is 5.80. The molecule has 0 spiro atoms. The van der Waals surface area contributed by atoms with Gasteiger partial charge in [-0.05, 0) is 18.6 Å². The molecular formula is C13H18F3N3O. The lowest BCUT2D eigenvalue weighted by Crippen LogP contribution is -2.31. The van der Waals surface area contributed by atoms with Gasteiger partial charge in [-0.2, -0.15) is 13.2 Å². The molecule has 1 aromatic rings. The Hall–Kier alpha value is -1.34. The molecule has 0 aliphatic carbocycles. The van der Waals surface area contributed by atoms with Crippen molar-refractivity contribution >= 4 is 5.82 Å². The van der Waals surface area contributed by atoms with E-state index in [1.165, 1.54) is 6.07 Å². The Morgan fingerprint density at radius 3 is 2.90 bits per heavy atom. The maximum absolute atomic E-state index is 12.5. The molecule has 4 nitrogen and oxygen atoms in total. The van der Waals surface area contributed by atoms with E-state index in [-0.39, 0.29) is 5.82 Å². The van der Waals surface area contributed by atoms with Gasteiger partial charge in [-0.25, -0.2) is 4.98 Å². The van der Waals surface area contributed by atoms with Crippen LogP contribution in [0.5, 0.6) is 0 Å². The van der Waals surface area contributed by atoms with Crippen molar-refractivity contribution in [2.45, 2.75) is 12.6 Å². The fourth-order valence-corrected chi connectivity index (χ4v) is 2.05. The maximum atomic E-state index is 12.5. The highest BCUT2D eigenvalue weighted by molar-refractivity contribution is 5.35. The fourth-order valence-electron chi connectivity index (χ4n) is 2.05. The number of rotatable bonds is 4. The summed E-state index contributed by atoms with van der Waals surface area (Å²) in [6.07, 6.45) is -3.42. The molecule has 112 valence electrons. The molecule has 0 saturated carbocycles. The highest BCUT2D eigenvalue weighted by Gasteiger charge is 2.32. The van der Waals surface area contributed by atoms with Crippen LogP contribution in [0.2, 0.25) is 0 Å². The van der Waals surface area contributed by atoms with Gasteiger partial charge < -0.3 is 10.1 Å². The molecule has 0 bridgehead atoms. The zero-order valence-corrected chi connectivity index (χ0v) is 11.1. The highest BCUT2D eigenvalue weighted by atomic mass is 19.4. The molecule has 2 rings (SSSR count). The Morgan fingerprint density at radius 2 is 2.10 bits per heavy atom. The molecule has 20 heavy (non-hydrogen) atoms. The quantitative estimate of drug-likeness (QED) is 0.922. The van der Waals surface area contributed by atoms with E-state index in [2.05, 4.69) is 15.2 Å². The number of ether oxygens (including phenoxy) is 1. The van der Waals surface area contributed by atoms with Gasteiger partial charge in [0, 0.05) is 32.8 Å². The van der Waals surface area contributed by atoms with E-state index in [4.69, 9.17) is 4.74 Å². The van der Waals surface area contributed by atoms with Crippen LogP contribution in [0.25, 0.3) is 0 Å². The van der Waals surface area contributed by atoms with Crippen LogP contribution >= 0.6 is 0 Å². The van der Waals surface area contributed by atoms with E-state index in [9.17, 15) is 13.2 Å². The zero-order chi connectivity index (χ0) is 14.4. The lowest BCUT2D eigenvalue weighted by atomic mass is 10.3. The summed E-state index contributed by atoms with van der Waals surface area (Å²) < 4.78 is 42.9. The Kier molecular flexibility index (Phi) is 5.19. The molecular weight excluding hydrogens is 271 g/mol. The molecule has 7 heteroatoms. The van der Waals surface area contributed by atoms with Gasteiger partial charge in [-0.1, -0.05) is 6.07 Å². The summed E-state index contributed by atoms with van der Waals surface area (Å²) in [6.45, 7) is 4.63. The van der Waals surface area contributed by atoms with Crippen LogP contribution in [0.1, 0.15) is 12.1 Å². The smallest absolute Gasteiger partial charge is 0.380 e. The number of aromatic nitrogens is 1. The Bertz CT molecular complexity index is 418. The van der Waals surface area contributed by atoms with Crippen LogP contribution in [0, 0.1) is 0 Å². The average molecular weight is 289 g/mol. The first-order valence-corrected chi connectivity index (χ1v) is 6.64. The van der Waals surface area contributed by atoms with Crippen LogP contribution in [0.4, 0.5) is 19.0 Å². The molecule has 1 aliphatic heterocycles. The minimum atomic E-state index is -4.40. The second-order valence-corrected chi connectivity index (χ2v) is 4.64. The van der Waals surface area contributed by atoms with Crippen LogP contribution in [-0.2, 0) is 10.9 Å². The Labute approximate surface area is 115 Å². The number of nitrogens with zero attached hydrogens (tertiary/aromatic N) is 2. The molecule has 1 saturated heterocycles. The third-order valence-electron chi connectivity index (χ3n) is 3.09. The van der Waals surface area contributed by atoms with E-state index in [1.54, 1.807) is 6.07 Å². The van der Waals surface area contributed by atoms with Crippen LogP contribution in [0.3, 0.4) is 0 Å². The van der Waals surface area contributed by atoms with Gasteiger partial charge >= 0.3 is 6.18 Å². The van der Waals surface area contributed by atoms with Gasteiger partial charge in [0.2, 0.25) is 0 Å². The van der Waals surface area contributed by atoms with Crippen molar-refractivity contribution in [3.8, 4) is 0 Å². The number of hydrogen-bond acceptors (Lipinski definition) is 4. The van der Waals surface area contributed by atoms with Crippen molar-refractivity contribution in [2.75, 3.05) is 44.7 Å². The first-order chi connectivity index (χ1) is 9.55. The van der Waals surface area contributed by atoms with Crippen molar-refractivity contribution in [1.29, 1.82) is 0 Å². The van der Waals surface area contributed by atoms with Crippen molar-refractivity contribution in [2.24, 2.45) is 0 Å². The topological polar surface area (TPSA) is 37.4 Å². The van der Waals surface area contributed by atoms with Crippen LogP contribution < -0.4 is 5.32 Å². The molecule has 0 amide bonds. The summed E-state index contributed by atoms with van der Waals surface area (Å²) in [7, 11) is 0. The minimum Gasteiger partial charge on any atom is -0.380 e. The number of pyridine rings is 1. The number of alkyl halides is 3. The Balaban J connectivity index is 1.81. The molecule has 1 aromatic heterocycles. The molecule has 2 heterocycles. The standard InChI is InChI=1S/C13H18F3N3O/c14-13(15,16)11-3-1-4-12(18-11)17-5-7-19-6-2-9-20-10-8-19/h1,3-4H,2,5-10H2,(H,17,18). The number of hydrogen-bond donors (Lipinski definition) is 1. The van der Waals surface area contributed by atoms with Crippen LogP contribution in [0.15, 0.2) is 18.2 Å². The molecule has 0 atom stereocenters. The first kappa shape index (κ1) is 15.1. The third kappa shape index (κ3) is 4.64. The first-order valence-electron chi connectivity index (χ1n) is 6.64. The predicted molar refractivity (Wildman–Crippen MR) is 69.6 cm³/mol. The summed E-state index contributed by atoms with van der Waals surface area (Å²) in [6, 6.07) is 3.87. The van der Waals surface area contributed by atoms with E-state index in [1.807, 2.05) is 0 Å². The van der Waals surface area contributed by atoms with Crippen LogP contribution in [-0.4, -0.2) is 49.3 Å². The lowest BCUT2D eigenvalue weighted by molar-refractivity contribution is -0.141. The van der Waals surface area contributed by atoms with Crippen molar-refractivity contribution in [1.82, 2.24) is 9.88 Å². The van der Waals surface area contributed by atoms with Gasteiger partial charge in [0.25, 0.3) is 0 Å². The highest BCUT2D eigenvalue weighted by Crippen LogP contribution is 2.28. The molecule has 1 N–H and O–H groups in total. The third-order valence-corrected chi connectivity index (χ3v) is 3.09. The SMILES string of the molecule is FC(F)(F)c1cccc(NCCN2CCCOCC2)n1. The molecule has 0 aromatic carbocycles. The summed E-state index contributed by atoms with van der Waals surface area (Å²) in [5, 5.41) is 2.93. The van der Waals surface area contributed by atoms with Gasteiger partial charge in [-0.3, -0.25) is 4.90 Å². The Morgan fingerprint density at radius 1 is 1.25 bits per heavy atom. The fraction of sp³-hybridized carbons (Fsp3) is 0.615. The summed E-state index contributed by atoms with van der Waals surface area (Å²) in [5.41, 5.74) is -0.870. The van der Waals surface area contributed by atoms with E-state index >= 15 is 0 Å². The monoisotopic (exact) mass is 289 g/mol. The zero-order valence-electron chi connectivity index (χ0n) is 11.1. The number of anilines is 1. The van der Waals surface area contributed by atoms with Crippen molar-refractivity contribution in [3.63, 3.8) is 0 Å². The molecule has 0 radical (unpaired) electrons. The molecule has 0 unspecified atom stereocenters. The van der Waals surface area contributed by atoms with E-state index < -0.39 is 11.9 Å². The normalized spacial score (nSPS) is 17.8. The summed E-state index contributed by atoms with van der Waals surface area (Å²) >= 11 is 0. The number of halogens is 3. The second-order valence-electron chi connectivity index (χ2n) is 4.64. The lowest BCUT2D eigenvalue weighted by Gasteiger charge is -2.19. The summed E-state index contributed by atoms with van der Waals surface area (Å²) in [5.74, 6) is 0.255. The second kappa shape index (κ2) is 6.90. The van der Waals surface area contributed by atoms with Gasteiger partial charge in [-0.15, -0.1) is 0 Å². The van der Waals surface area contributed by atoms with Gasteiger partial charge in [0.15, 0.2) is 0 Å². The molecule has 1 fully saturated rings. The molecule has 1 aliphatic rings. The number of nitrogens with one attached hydrogen (secondary N) is 1. The van der Waals surface area contributed by atoms with Gasteiger partial charge in [0.05, 0.1) is 6.61 Å². The average Bonchev–Trinajstić information content (AvgIpc) is 2.67. The van der Waals surface area contributed by atoms with E-state index in [0.717, 1.165) is 38.7 Å². The van der Waals surface area contributed by atoms with Gasteiger partial charge in [0.1, 0.15) is 11.5 Å². The largest absolute Gasteiger partial charge is 0.433 e.